The number of amides is 1. The third-order valence-electron chi connectivity index (χ3n) is 4.92. The van der Waals surface area contributed by atoms with Crippen molar-refractivity contribution in [3.8, 4) is 22.9 Å². The Bertz CT molecular complexity index is 1230. The van der Waals surface area contributed by atoms with Crippen LogP contribution in [0.25, 0.3) is 11.1 Å². The highest BCUT2D eigenvalue weighted by Crippen LogP contribution is 2.34. The lowest BCUT2D eigenvalue weighted by molar-refractivity contribution is -0.118. The minimum Gasteiger partial charge on any atom is -0.481 e. The number of carbonyl (C=O) groups is 1. The second-order valence-electron chi connectivity index (χ2n) is 7.07. The van der Waals surface area contributed by atoms with Crippen LogP contribution < -0.4 is 13.8 Å². The van der Waals surface area contributed by atoms with Gasteiger partial charge in [-0.1, -0.05) is 42.5 Å². The Hall–Kier alpha value is -3.46. The van der Waals surface area contributed by atoms with E-state index in [-0.39, 0.29) is 17.4 Å². The Balaban J connectivity index is 2.00. The average Bonchev–Trinajstić information content (AvgIpc) is 2.78. The number of hydrogen-bond acceptors (Lipinski definition) is 6. The molecule has 0 aliphatic carbocycles. The van der Waals surface area contributed by atoms with Crippen molar-refractivity contribution in [1.82, 2.24) is 4.98 Å². The molecule has 7 nitrogen and oxygen atoms in total. The molecule has 0 N–H and O–H groups in total. The van der Waals surface area contributed by atoms with Crippen LogP contribution in [0.15, 0.2) is 60.7 Å². The number of nitrogens with zero attached hydrogens (tertiary/aromatic N) is 2. The molecule has 3 rings (SSSR count). The van der Waals surface area contributed by atoms with Crippen LogP contribution in [0.4, 0.5) is 10.1 Å². The monoisotopic (exact) mass is 458 g/mol. The van der Waals surface area contributed by atoms with Crippen molar-refractivity contribution in [2.24, 2.45) is 0 Å². The van der Waals surface area contributed by atoms with Gasteiger partial charge in [0.1, 0.15) is 11.5 Å². The number of anilines is 1. The van der Waals surface area contributed by atoms with Crippen LogP contribution in [-0.2, 0) is 14.8 Å². The van der Waals surface area contributed by atoms with Crippen molar-refractivity contribution >= 4 is 21.6 Å². The maximum Gasteiger partial charge on any atom is 0.248 e. The zero-order chi connectivity index (χ0) is 23.5. The van der Waals surface area contributed by atoms with Crippen molar-refractivity contribution in [1.29, 1.82) is 0 Å². The Morgan fingerprint density at radius 1 is 1.03 bits per heavy atom. The molecule has 1 amide bonds. The van der Waals surface area contributed by atoms with E-state index in [4.69, 9.17) is 9.47 Å². The first kappa shape index (κ1) is 23.2. The summed E-state index contributed by atoms with van der Waals surface area (Å²) in [6.07, 6.45) is 0.903. The highest BCUT2D eigenvalue weighted by Gasteiger charge is 2.33. The van der Waals surface area contributed by atoms with Crippen LogP contribution in [0.5, 0.6) is 11.8 Å². The Kier molecular flexibility index (Phi) is 6.78. The molecule has 0 fully saturated rings. The second-order valence-corrected chi connectivity index (χ2v) is 8.91. The molecule has 1 aromatic heterocycles. The summed E-state index contributed by atoms with van der Waals surface area (Å²) in [5.74, 6) is -2.15. The van der Waals surface area contributed by atoms with Crippen LogP contribution in [-0.4, -0.2) is 39.8 Å². The molecule has 0 aliphatic heterocycles. The molecule has 0 saturated heterocycles. The summed E-state index contributed by atoms with van der Waals surface area (Å²) in [6.45, 7) is 1.51. The number of aromatic nitrogens is 1. The van der Waals surface area contributed by atoms with E-state index in [9.17, 15) is 17.6 Å². The lowest BCUT2D eigenvalue weighted by Gasteiger charge is -2.25. The van der Waals surface area contributed by atoms with Gasteiger partial charge in [-0.05, 0) is 30.2 Å². The molecule has 1 heterocycles. The summed E-state index contributed by atoms with van der Waals surface area (Å²) in [5, 5.41) is 0. The minimum atomic E-state index is -4.05. The molecular weight excluding hydrogens is 435 g/mol. The second kappa shape index (κ2) is 9.35. The van der Waals surface area contributed by atoms with Crippen molar-refractivity contribution in [3.63, 3.8) is 0 Å². The third-order valence-corrected chi connectivity index (χ3v) is 5.96. The van der Waals surface area contributed by atoms with E-state index in [2.05, 4.69) is 4.98 Å². The fraction of sp³-hybridized carbons (Fsp3) is 0.217. The number of pyridine rings is 1. The summed E-state index contributed by atoms with van der Waals surface area (Å²) in [6, 6.07) is 16.2. The fourth-order valence-corrected chi connectivity index (χ4v) is 4.25. The zero-order valence-corrected chi connectivity index (χ0v) is 18.9. The van der Waals surface area contributed by atoms with Crippen LogP contribution in [0.3, 0.4) is 0 Å². The van der Waals surface area contributed by atoms with Gasteiger partial charge in [0.05, 0.1) is 26.4 Å². The van der Waals surface area contributed by atoms with Gasteiger partial charge in [-0.2, -0.15) is 4.98 Å². The molecule has 0 spiro atoms. The van der Waals surface area contributed by atoms with Gasteiger partial charge in [-0.15, -0.1) is 0 Å². The van der Waals surface area contributed by atoms with Crippen molar-refractivity contribution in [2.75, 3.05) is 24.8 Å². The molecule has 0 saturated carbocycles. The van der Waals surface area contributed by atoms with Crippen LogP contribution in [0.1, 0.15) is 18.4 Å². The number of methoxy groups -OCH3 is 2. The van der Waals surface area contributed by atoms with E-state index in [0.29, 0.717) is 21.0 Å². The normalized spacial score (nSPS) is 12.2. The van der Waals surface area contributed by atoms with E-state index >= 15 is 0 Å². The van der Waals surface area contributed by atoms with Gasteiger partial charge in [0, 0.05) is 11.6 Å². The van der Waals surface area contributed by atoms with Gasteiger partial charge in [-0.25, -0.2) is 17.1 Å². The maximum atomic E-state index is 14.8. The summed E-state index contributed by atoms with van der Waals surface area (Å²) < 4.78 is 50.8. The zero-order valence-electron chi connectivity index (χ0n) is 18.1. The first-order valence-corrected chi connectivity index (χ1v) is 11.5. The predicted octanol–water partition coefficient (Wildman–Crippen LogP) is 4.00. The maximum absolute atomic E-state index is 14.8. The molecule has 1 unspecified atom stereocenters. The Morgan fingerprint density at radius 2 is 1.72 bits per heavy atom. The lowest BCUT2D eigenvalue weighted by atomic mass is 9.96. The highest BCUT2D eigenvalue weighted by molar-refractivity contribution is 7.92. The lowest BCUT2D eigenvalue weighted by Crippen LogP contribution is -2.39. The number of hydrogen-bond donors (Lipinski definition) is 0. The number of rotatable bonds is 7. The smallest absolute Gasteiger partial charge is 0.248 e. The Morgan fingerprint density at radius 3 is 2.28 bits per heavy atom. The van der Waals surface area contributed by atoms with Gasteiger partial charge in [0.15, 0.2) is 0 Å². The molecule has 1 atom stereocenters. The van der Waals surface area contributed by atoms with Gasteiger partial charge in [-0.3, -0.25) is 4.79 Å². The van der Waals surface area contributed by atoms with Crippen LogP contribution >= 0.6 is 0 Å². The molecule has 9 heteroatoms. The molecule has 3 aromatic rings. The summed E-state index contributed by atoms with van der Waals surface area (Å²) in [5.41, 5.74) is 1.35. The highest BCUT2D eigenvalue weighted by atomic mass is 32.2. The number of halogens is 1. The van der Waals surface area contributed by atoms with Gasteiger partial charge in [0.2, 0.25) is 27.7 Å². The SMILES string of the molecule is COc1ccc(N(C(=O)C(C)c2ccc(-c3ccccc3)c(F)c2)S(C)(=O)=O)c(OC)n1. The van der Waals surface area contributed by atoms with E-state index in [0.717, 1.165) is 6.26 Å². The quantitative estimate of drug-likeness (QED) is 0.532. The van der Waals surface area contributed by atoms with Crippen molar-refractivity contribution in [2.45, 2.75) is 12.8 Å². The molecular formula is C23H23FN2O5S. The molecule has 2 aromatic carbocycles. The van der Waals surface area contributed by atoms with Gasteiger partial charge in [0.25, 0.3) is 0 Å². The first-order chi connectivity index (χ1) is 15.2. The van der Waals surface area contributed by atoms with Crippen molar-refractivity contribution < 1.29 is 27.1 Å². The van der Waals surface area contributed by atoms with Gasteiger partial charge >= 0.3 is 0 Å². The molecule has 32 heavy (non-hydrogen) atoms. The number of carbonyl (C=O) groups excluding carboxylic acids is 1. The fourth-order valence-electron chi connectivity index (χ4n) is 3.27. The molecule has 0 radical (unpaired) electrons. The van der Waals surface area contributed by atoms with Crippen LogP contribution in [0.2, 0.25) is 0 Å². The van der Waals surface area contributed by atoms with Crippen LogP contribution in [0, 0.1) is 5.82 Å². The van der Waals surface area contributed by atoms with E-state index in [1.807, 2.05) is 6.07 Å². The standard InChI is InChI=1S/C23H23FN2O5S/c1-15(17-10-11-18(19(24)14-17)16-8-6-5-7-9-16)23(27)26(32(4,28)29)20-12-13-21(30-2)25-22(20)31-3/h5-15H,1-4H3. The molecule has 0 aliphatic rings. The number of benzene rings is 2. The summed E-state index contributed by atoms with van der Waals surface area (Å²) >= 11 is 0. The minimum absolute atomic E-state index is 0.0611. The van der Waals surface area contributed by atoms with E-state index in [1.165, 1.54) is 39.3 Å². The third kappa shape index (κ3) is 4.72. The Labute approximate surface area is 186 Å². The predicted molar refractivity (Wildman–Crippen MR) is 120 cm³/mol. The average molecular weight is 459 g/mol. The van der Waals surface area contributed by atoms with E-state index < -0.39 is 27.7 Å². The van der Waals surface area contributed by atoms with E-state index in [1.54, 1.807) is 36.4 Å². The van der Waals surface area contributed by atoms with Crippen molar-refractivity contribution in [3.05, 3.63) is 72.0 Å². The largest absolute Gasteiger partial charge is 0.481 e. The van der Waals surface area contributed by atoms with Gasteiger partial charge < -0.3 is 9.47 Å². The first-order valence-electron chi connectivity index (χ1n) is 9.65. The topological polar surface area (TPSA) is 85.8 Å². The molecule has 0 bridgehead atoms. The summed E-state index contributed by atoms with van der Waals surface area (Å²) in [4.78, 5) is 17.3. The molecule has 168 valence electrons. The number of sulfonamides is 1. The number of ether oxygens (including phenoxy) is 2. The summed E-state index contributed by atoms with van der Waals surface area (Å²) in [7, 11) is -1.35.